The van der Waals surface area contributed by atoms with Gasteiger partial charge < -0.3 is 29.4 Å². The van der Waals surface area contributed by atoms with Crippen LogP contribution < -0.4 is 15.1 Å². The van der Waals surface area contributed by atoms with Gasteiger partial charge in [0.1, 0.15) is 6.26 Å². The van der Waals surface area contributed by atoms with Crippen molar-refractivity contribution < 1.29 is 19.1 Å². The highest BCUT2D eigenvalue weighted by Gasteiger charge is 2.25. The zero-order chi connectivity index (χ0) is 25.4. The van der Waals surface area contributed by atoms with Crippen LogP contribution in [0.5, 0.6) is 0 Å². The summed E-state index contributed by atoms with van der Waals surface area (Å²) in [7, 11) is 0. The minimum Gasteiger partial charge on any atom is -0.444 e. The molecule has 1 atom stereocenters. The van der Waals surface area contributed by atoms with Gasteiger partial charge in [-0.15, -0.1) is 0 Å². The average Bonchev–Trinajstić information content (AvgIpc) is 3.56. The standard InChI is InChI=1S/C25H27N7O4S/c1-15-11-16(4-5-26-15)24-28-19(14-36-24)23(34)27-18-12-20-21(29-22(18)32-6-2-3-17(33)13-32)30-25(37-20)31-7-9-35-10-8-31/h4-5,11-12,14,17,33H,2-3,6-10,13H2,1H3,(H,27,34)/t17-/m0/s1. The number of piperidine rings is 1. The van der Waals surface area contributed by atoms with Crippen LogP contribution in [0, 0.1) is 6.92 Å². The monoisotopic (exact) mass is 521 g/mol. The number of oxazole rings is 1. The first-order valence-corrected chi connectivity index (χ1v) is 13.1. The van der Waals surface area contributed by atoms with Crippen molar-refractivity contribution in [1.29, 1.82) is 0 Å². The number of carbonyl (C=O) groups excluding carboxylic acids is 1. The molecule has 0 spiro atoms. The maximum atomic E-state index is 13.2. The summed E-state index contributed by atoms with van der Waals surface area (Å²) >= 11 is 1.54. The van der Waals surface area contributed by atoms with Crippen molar-refractivity contribution in [2.24, 2.45) is 0 Å². The number of rotatable bonds is 5. The van der Waals surface area contributed by atoms with Gasteiger partial charge in [0.2, 0.25) is 5.89 Å². The molecule has 11 nitrogen and oxygen atoms in total. The second kappa shape index (κ2) is 10.0. The number of nitrogens with zero attached hydrogens (tertiary/aromatic N) is 6. The molecule has 0 saturated carbocycles. The van der Waals surface area contributed by atoms with Crippen LogP contribution in [0.3, 0.4) is 0 Å². The van der Waals surface area contributed by atoms with Gasteiger partial charge in [-0.25, -0.2) is 9.97 Å². The lowest BCUT2D eigenvalue weighted by molar-refractivity contribution is 0.102. The Morgan fingerprint density at radius 3 is 2.84 bits per heavy atom. The van der Waals surface area contributed by atoms with Gasteiger partial charge in [-0.05, 0) is 38.0 Å². The number of carbonyl (C=O) groups is 1. The number of β-amino-alcohol motifs (C(OH)–C–C–N with tert-alkyl or cyclic N) is 1. The molecule has 6 heterocycles. The highest BCUT2D eigenvalue weighted by atomic mass is 32.1. The van der Waals surface area contributed by atoms with Crippen LogP contribution >= 0.6 is 11.3 Å². The number of aryl methyl sites for hydroxylation is 1. The summed E-state index contributed by atoms with van der Waals surface area (Å²) in [6.07, 6.45) is 4.15. The molecule has 0 bridgehead atoms. The van der Waals surface area contributed by atoms with Gasteiger partial charge in [-0.2, -0.15) is 4.98 Å². The Hall–Kier alpha value is -3.61. The Morgan fingerprint density at radius 1 is 1.16 bits per heavy atom. The molecule has 0 aromatic carbocycles. The lowest BCUT2D eigenvalue weighted by Gasteiger charge is -2.32. The van der Waals surface area contributed by atoms with Gasteiger partial charge in [0, 0.05) is 43.6 Å². The lowest BCUT2D eigenvalue weighted by atomic mass is 10.1. The number of pyridine rings is 2. The quantitative estimate of drug-likeness (QED) is 0.404. The van der Waals surface area contributed by atoms with E-state index in [-0.39, 0.29) is 5.69 Å². The van der Waals surface area contributed by atoms with Crippen LogP contribution in [0.15, 0.2) is 35.1 Å². The average molecular weight is 522 g/mol. The van der Waals surface area contributed by atoms with E-state index in [1.165, 1.54) is 17.6 Å². The Labute approximate surface area is 217 Å². The van der Waals surface area contributed by atoms with Crippen molar-refractivity contribution in [1.82, 2.24) is 19.9 Å². The van der Waals surface area contributed by atoms with Crippen LogP contribution in [0.25, 0.3) is 21.8 Å². The number of hydrogen-bond acceptors (Lipinski definition) is 11. The molecule has 0 unspecified atom stereocenters. The molecule has 1 amide bonds. The zero-order valence-corrected chi connectivity index (χ0v) is 21.2. The number of thiazole rings is 1. The minimum absolute atomic E-state index is 0.160. The highest BCUT2D eigenvalue weighted by Crippen LogP contribution is 2.36. The van der Waals surface area contributed by atoms with Crippen LogP contribution in [0.1, 0.15) is 29.0 Å². The van der Waals surface area contributed by atoms with Crippen molar-refractivity contribution in [3.63, 3.8) is 0 Å². The third kappa shape index (κ3) is 4.99. The highest BCUT2D eigenvalue weighted by molar-refractivity contribution is 7.22. The summed E-state index contributed by atoms with van der Waals surface area (Å²) in [5.74, 6) is 0.534. The first-order chi connectivity index (χ1) is 18.0. The summed E-state index contributed by atoms with van der Waals surface area (Å²) in [5.41, 5.74) is 2.91. The molecular formula is C25H27N7O4S. The molecule has 2 N–H and O–H groups in total. The second-order valence-corrected chi connectivity index (χ2v) is 10.2. The molecule has 192 valence electrons. The predicted octanol–water partition coefficient (Wildman–Crippen LogP) is 3.10. The van der Waals surface area contributed by atoms with Crippen molar-refractivity contribution in [2.45, 2.75) is 25.9 Å². The molecule has 37 heavy (non-hydrogen) atoms. The van der Waals surface area contributed by atoms with E-state index >= 15 is 0 Å². The van der Waals surface area contributed by atoms with Gasteiger partial charge in [-0.1, -0.05) is 11.3 Å². The smallest absolute Gasteiger partial charge is 0.277 e. The number of fused-ring (bicyclic) bond motifs is 1. The third-order valence-electron chi connectivity index (χ3n) is 6.46. The number of nitrogens with one attached hydrogen (secondary N) is 1. The maximum absolute atomic E-state index is 13.2. The first-order valence-electron chi connectivity index (χ1n) is 12.3. The van der Waals surface area contributed by atoms with Gasteiger partial charge in [0.15, 0.2) is 22.3 Å². The van der Waals surface area contributed by atoms with Gasteiger partial charge in [-0.3, -0.25) is 9.78 Å². The predicted molar refractivity (Wildman–Crippen MR) is 140 cm³/mol. The van der Waals surface area contributed by atoms with E-state index in [2.05, 4.69) is 20.2 Å². The van der Waals surface area contributed by atoms with E-state index in [0.29, 0.717) is 42.8 Å². The van der Waals surface area contributed by atoms with Crippen LogP contribution in [-0.2, 0) is 4.74 Å². The summed E-state index contributed by atoms with van der Waals surface area (Å²) in [6, 6.07) is 5.54. The molecule has 4 aromatic rings. The third-order valence-corrected chi connectivity index (χ3v) is 7.51. The SMILES string of the molecule is Cc1cc(-c2nc(C(=O)Nc3cc4sc(N5CCOCC5)nc4nc3N3CCC[C@H](O)C3)co2)ccn1. The van der Waals surface area contributed by atoms with Gasteiger partial charge in [0.25, 0.3) is 5.91 Å². The van der Waals surface area contributed by atoms with Crippen molar-refractivity contribution >= 4 is 44.2 Å². The van der Waals surface area contributed by atoms with Gasteiger partial charge in [0.05, 0.1) is 29.7 Å². The van der Waals surface area contributed by atoms with Gasteiger partial charge >= 0.3 is 0 Å². The molecule has 2 saturated heterocycles. The largest absolute Gasteiger partial charge is 0.444 e. The number of hydrogen-bond donors (Lipinski definition) is 2. The minimum atomic E-state index is -0.448. The molecule has 2 fully saturated rings. The molecule has 2 aliphatic rings. The lowest BCUT2D eigenvalue weighted by Crippen LogP contribution is -2.39. The zero-order valence-electron chi connectivity index (χ0n) is 20.4. The van der Waals surface area contributed by atoms with Crippen molar-refractivity contribution in [3.05, 3.63) is 42.0 Å². The molecular weight excluding hydrogens is 494 g/mol. The van der Waals surface area contributed by atoms with E-state index in [1.807, 2.05) is 24.0 Å². The van der Waals surface area contributed by atoms with E-state index in [0.717, 1.165) is 53.6 Å². The molecule has 12 heteroatoms. The topological polar surface area (TPSA) is 130 Å². The van der Waals surface area contributed by atoms with E-state index in [4.69, 9.17) is 19.1 Å². The van der Waals surface area contributed by atoms with Crippen LogP contribution in [-0.4, -0.2) is 76.4 Å². The number of morpholine rings is 1. The summed E-state index contributed by atoms with van der Waals surface area (Å²) in [4.78, 5) is 35.6. The summed E-state index contributed by atoms with van der Waals surface area (Å²) in [6.45, 7) is 5.94. The Bertz CT molecular complexity index is 1430. The number of anilines is 3. The molecule has 0 radical (unpaired) electrons. The first kappa shape index (κ1) is 23.8. The molecule has 2 aliphatic heterocycles. The van der Waals surface area contributed by atoms with Crippen molar-refractivity contribution in [2.75, 3.05) is 54.5 Å². The summed E-state index contributed by atoms with van der Waals surface area (Å²) < 4.78 is 11.9. The fraction of sp³-hybridized carbons (Fsp3) is 0.400. The molecule has 4 aromatic heterocycles. The number of aliphatic hydroxyl groups excluding tert-OH is 1. The molecule has 0 aliphatic carbocycles. The van der Waals surface area contributed by atoms with E-state index in [1.54, 1.807) is 12.3 Å². The molecule has 6 rings (SSSR count). The van der Waals surface area contributed by atoms with Crippen LogP contribution in [0.4, 0.5) is 16.6 Å². The Balaban J connectivity index is 1.32. The van der Waals surface area contributed by atoms with Crippen LogP contribution in [0.2, 0.25) is 0 Å². The maximum Gasteiger partial charge on any atom is 0.277 e. The van der Waals surface area contributed by atoms with E-state index < -0.39 is 12.0 Å². The fourth-order valence-corrected chi connectivity index (χ4v) is 5.59. The van der Waals surface area contributed by atoms with Crippen molar-refractivity contribution in [3.8, 4) is 11.5 Å². The number of ether oxygens (including phenoxy) is 1. The number of amides is 1. The normalized spacial score (nSPS) is 18.4. The number of aliphatic hydroxyl groups is 1. The fourth-order valence-electron chi connectivity index (χ4n) is 4.59. The van der Waals surface area contributed by atoms with E-state index in [9.17, 15) is 9.90 Å². The second-order valence-electron chi connectivity index (χ2n) is 9.20. The summed E-state index contributed by atoms with van der Waals surface area (Å²) in [5, 5.41) is 14.2. The Morgan fingerprint density at radius 2 is 2.03 bits per heavy atom. The Kier molecular flexibility index (Phi) is 6.45. The number of aromatic nitrogens is 4.